The molecule has 1 aromatic carbocycles. The highest BCUT2D eigenvalue weighted by Gasteiger charge is 2.22. The Morgan fingerprint density at radius 3 is 2.33 bits per heavy atom. The van der Waals surface area contributed by atoms with Gasteiger partial charge in [-0.25, -0.2) is 0 Å². The van der Waals surface area contributed by atoms with Crippen LogP contribution in [0.3, 0.4) is 0 Å². The molecule has 0 amide bonds. The number of benzene rings is 1. The topological polar surface area (TPSA) is 35.5 Å². The zero-order valence-corrected chi connectivity index (χ0v) is 10.9. The summed E-state index contributed by atoms with van der Waals surface area (Å²) in [4.78, 5) is 11.9. The van der Waals surface area contributed by atoms with Gasteiger partial charge in [0.25, 0.3) is 0 Å². The minimum atomic E-state index is -0.0844. The Bertz CT molecular complexity index is 377. The van der Waals surface area contributed by atoms with Crippen molar-refractivity contribution in [2.24, 2.45) is 5.92 Å². The molecule has 1 fully saturated rings. The third kappa shape index (κ3) is 3.49. The number of esters is 1. The van der Waals surface area contributed by atoms with E-state index in [1.54, 1.807) is 12.1 Å². The van der Waals surface area contributed by atoms with Crippen molar-refractivity contribution in [2.45, 2.75) is 39.0 Å². The van der Waals surface area contributed by atoms with Crippen LogP contribution in [0, 0.1) is 5.92 Å². The van der Waals surface area contributed by atoms with Gasteiger partial charge in [0.15, 0.2) is 0 Å². The summed E-state index contributed by atoms with van der Waals surface area (Å²) in [5.74, 6) is 1.41. The lowest BCUT2D eigenvalue weighted by Gasteiger charge is -2.19. The molecule has 0 spiro atoms. The average molecular weight is 248 g/mol. The third-order valence-corrected chi connectivity index (χ3v) is 3.29. The van der Waals surface area contributed by atoms with Gasteiger partial charge in [0.2, 0.25) is 0 Å². The fourth-order valence-corrected chi connectivity index (χ4v) is 2.31. The Hall–Kier alpha value is -1.51. The summed E-state index contributed by atoms with van der Waals surface area (Å²) in [6, 6.07) is 7.22. The van der Waals surface area contributed by atoms with E-state index in [0.717, 1.165) is 31.4 Å². The Morgan fingerprint density at radius 2 is 1.72 bits per heavy atom. The van der Waals surface area contributed by atoms with Crippen LogP contribution in [0.1, 0.15) is 39.0 Å². The minimum absolute atomic E-state index is 0.0844. The lowest BCUT2D eigenvalue weighted by atomic mass is 9.89. The molecule has 1 saturated carbocycles. The summed E-state index contributed by atoms with van der Waals surface area (Å²) >= 11 is 0. The van der Waals surface area contributed by atoms with E-state index >= 15 is 0 Å². The molecule has 0 N–H and O–H groups in total. The number of hydrogen-bond acceptors (Lipinski definition) is 3. The van der Waals surface area contributed by atoms with Crippen molar-refractivity contribution in [3.8, 4) is 11.5 Å². The van der Waals surface area contributed by atoms with E-state index in [1.165, 1.54) is 6.42 Å². The van der Waals surface area contributed by atoms with Crippen molar-refractivity contribution in [3.05, 3.63) is 24.3 Å². The maximum absolute atomic E-state index is 11.9. The number of rotatable bonds is 4. The highest BCUT2D eigenvalue weighted by atomic mass is 16.5. The van der Waals surface area contributed by atoms with Gasteiger partial charge in [-0.15, -0.1) is 0 Å². The number of hydrogen-bond donors (Lipinski definition) is 0. The van der Waals surface area contributed by atoms with E-state index in [-0.39, 0.29) is 11.9 Å². The molecule has 0 aromatic heterocycles. The maximum Gasteiger partial charge on any atom is 0.314 e. The van der Waals surface area contributed by atoms with E-state index in [4.69, 9.17) is 9.47 Å². The number of ether oxygens (including phenoxy) is 2. The van der Waals surface area contributed by atoms with Crippen LogP contribution in [0.2, 0.25) is 0 Å². The summed E-state index contributed by atoms with van der Waals surface area (Å²) in [5.41, 5.74) is 0. The molecule has 1 aliphatic rings. The molecular weight excluding hydrogens is 228 g/mol. The second-order valence-electron chi connectivity index (χ2n) is 4.66. The van der Waals surface area contributed by atoms with Gasteiger partial charge in [-0.1, -0.05) is 19.3 Å². The zero-order chi connectivity index (χ0) is 12.8. The second kappa shape index (κ2) is 6.43. The first-order chi connectivity index (χ1) is 8.79. The van der Waals surface area contributed by atoms with Crippen LogP contribution in [0.15, 0.2) is 24.3 Å². The van der Waals surface area contributed by atoms with Crippen molar-refractivity contribution in [2.75, 3.05) is 6.61 Å². The monoisotopic (exact) mass is 248 g/mol. The lowest BCUT2D eigenvalue weighted by molar-refractivity contribution is -0.139. The van der Waals surface area contributed by atoms with E-state index in [0.29, 0.717) is 12.4 Å². The predicted molar refractivity (Wildman–Crippen MR) is 69.8 cm³/mol. The van der Waals surface area contributed by atoms with Gasteiger partial charge in [0.05, 0.1) is 12.5 Å². The molecule has 0 saturated heterocycles. The van der Waals surface area contributed by atoms with Crippen molar-refractivity contribution < 1.29 is 14.3 Å². The summed E-state index contributed by atoms with van der Waals surface area (Å²) < 4.78 is 10.7. The van der Waals surface area contributed by atoms with Crippen LogP contribution >= 0.6 is 0 Å². The summed E-state index contributed by atoms with van der Waals surface area (Å²) in [5, 5.41) is 0. The fraction of sp³-hybridized carbons (Fsp3) is 0.533. The molecule has 1 aromatic rings. The zero-order valence-electron chi connectivity index (χ0n) is 10.9. The van der Waals surface area contributed by atoms with E-state index in [2.05, 4.69) is 0 Å². The third-order valence-electron chi connectivity index (χ3n) is 3.29. The van der Waals surface area contributed by atoms with E-state index in [9.17, 15) is 4.79 Å². The Morgan fingerprint density at radius 1 is 1.11 bits per heavy atom. The number of carbonyl (C=O) groups excluding carboxylic acids is 1. The van der Waals surface area contributed by atoms with Gasteiger partial charge in [0.1, 0.15) is 11.5 Å². The van der Waals surface area contributed by atoms with E-state index in [1.807, 2.05) is 19.1 Å². The average Bonchev–Trinajstić information content (AvgIpc) is 2.42. The Kier molecular flexibility index (Phi) is 4.62. The van der Waals surface area contributed by atoms with Crippen LogP contribution in [-0.4, -0.2) is 12.6 Å². The van der Waals surface area contributed by atoms with Gasteiger partial charge >= 0.3 is 5.97 Å². The minimum Gasteiger partial charge on any atom is -0.494 e. The van der Waals surface area contributed by atoms with Gasteiger partial charge in [-0.2, -0.15) is 0 Å². The fourth-order valence-electron chi connectivity index (χ4n) is 2.31. The molecule has 0 bridgehead atoms. The Balaban J connectivity index is 1.89. The molecule has 98 valence electrons. The lowest BCUT2D eigenvalue weighted by Crippen LogP contribution is -2.22. The quantitative estimate of drug-likeness (QED) is 0.603. The molecule has 3 heteroatoms. The summed E-state index contributed by atoms with van der Waals surface area (Å²) in [6.07, 6.45) is 5.46. The normalized spacial score (nSPS) is 16.3. The molecule has 2 rings (SSSR count). The summed E-state index contributed by atoms with van der Waals surface area (Å²) in [6.45, 7) is 2.58. The highest BCUT2D eigenvalue weighted by molar-refractivity contribution is 5.75. The van der Waals surface area contributed by atoms with Crippen LogP contribution in [0.5, 0.6) is 11.5 Å². The van der Waals surface area contributed by atoms with Crippen molar-refractivity contribution in [1.29, 1.82) is 0 Å². The smallest absolute Gasteiger partial charge is 0.314 e. The van der Waals surface area contributed by atoms with Crippen LogP contribution in [-0.2, 0) is 4.79 Å². The standard InChI is InChI=1S/C15H20O3/c1-2-17-13-8-10-14(11-9-13)18-15(16)12-6-4-3-5-7-12/h8-12H,2-7H2,1H3. The van der Waals surface area contributed by atoms with Crippen molar-refractivity contribution >= 4 is 5.97 Å². The predicted octanol–water partition coefficient (Wildman–Crippen LogP) is 3.57. The first kappa shape index (κ1) is 12.9. The van der Waals surface area contributed by atoms with Crippen LogP contribution < -0.4 is 9.47 Å². The molecule has 0 radical (unpaired) electrons. The van der Waals surface area contributed by atoms with Gasteiger partial charge in [-0.3, -0.25) is 4.79 Å². The molecule has 3 nitrogen and oxygen atoms in total. The van der Waals surface area contributed by atoms with Crippen LogP contribution in [0.4, 0.5) is 0 Å². The van der Waals surface area contributed by atoms with Gasteiger partial charge < -0.3 is 9.47 Å². The van der Waals surface area contributed by atoms with Crippen molar-refractivity contribution in [1.82, 2.24) is 0 Å². The molecule has 0 atom stereocenters. The van der Waals surface area contributed by atoms with E-state index < -0.39 is 0 Å². The van der Waals surface area contributed by atoms with Gasteiger partial charge in [-0.05, 0) is 44.0 Å². The first-order valence-corrected chi connectivity index (χ1v) is 6.74. The van der Waals surface area contributed by atoms with Gasteiger partial charge in [0, 0.05) is 0 Å². The first-order valence-electron chi connectivity index (χ1n) is 6.74. The second-order valence-corrected chi connectivity index (χ2v) is 4.66. The van der Waals surface area contributed by atoms with Crippen LogP contribution in [0.25, 0.3) is 0 Å². The Labute approximate surface area is 108 Å². The highest BCUT2D eigenvalue weighted by Crippen LogP contribution is 2.26. The number of carbonyl (C=O) groups is 1. The summed E-state index contributed by atoms with van der Waals surface area (Å²) in [7, 11) is 0. The molecule has 1 aliphatic carbocycles. The molecule has 0 aliphatic heterocycles. The molecule has 0 unspecified atom stereocenters. The molecular formula is C15H20O3. The maximum atomic E-state index is 11.9. The largest absolute Gasteiger partial charge is 0.494 e. The molecule has 0 heterocycles. The molecule has 18 heavy (non-hydrogen) atoms. The van der Waals surface area contributed by atoms with Crippen molar-refractivity contribution in [3.63, 3.8) is 0 Å². The SMILES string of the molecule is CCOc1ccc(OC(=O)C2CCCCC2)cc1.